The summed E-state index contributed by atoms with van der Waals surface area (Å²) in [5.74, 6) is 0.646. The number of carbonyl (C=O) groups is 1. The number of hydrogen-bond acceptors (Lipinski definition) is 3. The molecular formula is C16H21Cl2N2O3S+. The van der Waals surface area contributed by atoms with Crippen molar-refractivity contribution in [2.45, 2.75) is 18.9 Å². The van der Waals surface area contributed by atoms with Crippen molar-refractivity contribution in [1.82, 2.24) is 4.90 Å². The average Bonchev–Trinajstić information content (AvgIpc) is 2.90. The maximum Gasteiger partial charge on any atom is 0.227 e. The van der Waals surface area contributed by atoms with Crippen LogP contribution in [0, 0.1) is 0 Å². The smallest absolute Gasteiger partial charge is 0.227 e. The van der Waals surface area contributed by atoms with Crippen molar-refractivity contribution < 1.29 is 18.1 Å². The molecule has 1 amide bonds. The number of halogens is 2. The van der Waals surface area contributed by atoms with E-state index in [0.29, 0.717) is 28.9 Å². The van der Waals surface area contributed by atoms with Gasteiger partial charge in [0.25, 0.3) is 0 Å². The van der Waals surface area contributed by atoms with Gasteiger partial charge in [-0.3, -0.25) is 4.79 Å². The van der Waals surface area contributed by atoms with Crippen LogP contribution in [0.15, 0.2) is 18.2 Å². The molecule has 0 bridgehead atoms. The van der Waals surface area contributed by atoms with Gasteiger partial charge in [0.15, 0.2) is 9.84 Å². The molecule has 2 heterocycles. The van der Waals surface area contributed by atoms with Gasteiger partial charge in [0, 0.05) is 16.5 Å². The summed E-state index contributed by atoms with van der Waals surface area (Å²) in [4.78, 5) is 15.6. The summed E-state index contributed by atoms with van der Waals surface area (Å²) in [6, 6.07) is 5.36. The highest BCUT2D eigenvalue weighted by Gasteiger charge is 2.37. The average molecular weight is 392 g/mol. The van der Waals surface area contributed by atoms with E-state index in [9.17, 15) is 13.2 Å². The Morgan fingerprint density at radius 3 is 2.54 bits per heavy atom. The van der Waals surface area contributed by atoms with Crippen molar-refractivity contribution in [3.63, 3.8) is 0 Å². The number of piperazine rings is 1. The van der Waals surface area contributed by atoms with Crippen LogP contribution in [0.3, 0.4) is 0 Å². The number of sulfone groups is 1. The highest BCUT2D eigenvalue weighted by atomic mass is 35.5. The molecule has 0 spiro atoms. The molecule has 0 saturated carbocycles. The molecule has 1 N–H and O–H groups in total. The van der Waals surface area contributed by atoms with Gasteiger partial charge in [0.1, 0.15) is 11.8 Å². The van der Waals surface area contributed by atoms with Crippen molar-refractivity contribution in [2.24, 2.45) is 0 Å². The van der Waals surface area contributed by atoms with Crippen LogP contribution in [-0.2, 0) is 21.1 Å². The van der Waals surface area contributed by atoms with Crippen LogP contribution in [0.4, 0.5) is 0 Å². The van der Waals surface area contributed by atoms with E-state index >= 15 is 0 Å². The number of quaternary nitrogens is 1. The van der Waals surface area contributed by atoms with E-state index in [4.69, 9.17) is 23.2 Å². The summed E-state index contributed by atoms with van der Waals surface area (Å²) in [5, 5.41) is 1.07. The van der Waals surface area contributed by atoms with Gasteiger partial charge < -0.3 is 9.80 Å². The fourth-order valence-corrected chi connectivity index (χ4v) is 5.81. The molecule has 2 aliphatic rings. The molecule has 1 aromatic rings. The Hall–Kier alpha value is -0.820. The Bertz CT molecular complexity index is 731. The van der Waals surface area contributed by atoms with E-state index in [1.54, 1.807) is 18.2 Å². The summed E-state index contributed by atoms with van der Waals surface area (Å²) in [5.41, 5.74) is 0.780. The molecule has 3 rings (SSSR count). The van der Waals surface area contributed by atoms with E-state index < -0.39 is 9.84 Å². The zero-order chi connectivity index (χ0) is 17.3. The third-order valence-electron chi connectivity index (χ3n) is 4.92. The summed E-state index contributed by atoms with van der Waals surface area (Å²) >= 11 is 12.0. The Kier molecular flexibility index (Phi) is 5.39. The molecule has 1 atom stereocenters. The second-order valence-corrected chi connectivity index (χ2v) is 9.62. The molecule has 132 valence electrons. The molecule has 0 radical (unpaired) electrons. The van der Waals surface area contributed by atoms with Gasteiger partial charge >= 0.3 is 0 Å². The Balaban J connectivity index is 1.53. The molecule has 5 nitrogen and oxygen atoms in total. The molecular weight excluding hydrogens is 371 g/mol. The molecule has 2 aliphatic heterocycles. The van der Waals surface area contributed by atoms with Gasteiger partial charge in [-0.25, -0.2) is 8.42 Å². The largest absolute Gasteiger partial charge is 0.331 e. The van der Waals surface area contributed by atoms with E-state index in [-0.39, 0.29) is 24.1 Å². The van der Waals surface area contributed by atoms with Crippen LogP contribution in [0.2, 0.25) is 10.0 Å². The third kappa shape index (κ3) is 4.23. The number of amides is 1. The molecule has 0 aromatic heterocycles. The van der Waals surface area contributed by atoms with E-state index in [1.807, 2.05) is 4.90 Å². The van der Waals surface area contributed by atoms with Crippen LogP contribution in [-0.4, -0.2) is 63.0 Å². The fraction of sp³-hybridized carbons (Fsp3) is 0.562. The molecule has 2 fully saturated rings. The van der Waals surface area contributed by atoms with Crippen molar-refractivity contribution in [3.8, 4) is 0 Å². The van der Waals surface area contributed by atoms with Gasteiger partial charge in [0.05, 0.1) is 38.4 Å². The molecule has 2 saturated heterocycles. The highest BCUT2D eigenvalue weighted by Crippen LogP contribution is 2.21. The first-order chi connectivity index (χ1) is 11.3. The summed E-state index contributed by atoms with van der Waals surface area (Å²) in [7, 11) is -2.85. The highest BCUT2D eigenvalue weighted by molar-refractivity contribution is 7.91. The molecule has 1 aromatic carbocycles. The molecule has 0 unspecified atom stereocenters. The Morgan fingerprint density at radius 2 is 1.96 bits per heavy atom. The zero-order valence-corrected chi connectivity index (χ0v) is 15.6. The lowest BCUT2D eigenvalue weighted by Gasteiger charge is -2.35. The van der Waals surface area contributed by atoms with Crippen molar-refractivity contribution in [2.75, 3.05) is 37.7 Å². The summed E-state index contributed by atoms with van der Waals surface area (Å²) < 4.78 is 23.2. The quantitative estimate of drug-likeness (QED) is 0.813. The predicted molar refractivity (Wildman–Crippen MR) is 94.5 cm³/mol. The van der Waals surface area contributed by atoms with Crippen LogP contribution < -0.4 is 4.90 Å². The number of nitrogens with zero attached hydrogens (tertiary/aromatic N) is 1. The van der Waals surface area contributed by atoms with Crippen molar-refractivity contribution >= 4 is 38.9 Å². The lowest BCUT2D eigenvalue weighted by molar-refractivity contribution is -0.925. The standard InChI is InChI=1S/C16H20Cl2N2O3S/c17-13-2-1-12(15(18)10-13)9-16(21)20-6-4-19(5-7-20)14-3-8-24(22,23)11-14/h1-2,10,14H,3-9,11H2/p+1/t14-/m0/s1. The van der Waals surface area contributed by atoms with Gasteiger partial charge in [-0.15, -0.1) is 0 Å². The first-order valence-electron chi connectivity index (χ1n) is 8.11. The Morgan fingerprint density at radius 1 is 1.25 bits per heavy atom. The number of carbonyl (C=O) groups excluding carboxylic acids is 1. The lowest BCUT2D eigenvalue weighted by Crippen LogP contribution is -3.18. The van der Waals surface area contributed by atoms with Crippen LogP contribution in [0.25, 0.3) is 0 Å². The second-order valence-electron chi connectivity index (χ2n) is 6.55. The number of hydrogen-bond donors (Lipinski definition) is 1. The second kappa shape index (κ2) is 7.20. The Labute approximate surface area is 152 Å². The van der Waals surface area contributed by atoms with Gasteiger partial charge in [-0.1, -0.05) is 29.3 Å². The summed E-state index contributed by atoms with van der Waals surface area (Å²) in [6.45, 7) is 2.94. The normalized spacial score (nSPS) is 24.2. The van der Waals surface area contributed by atoms with Gasteiger partial charge in [-0.2, -0.15) is 0 Å². The monoisotopic (exact) mass is 391 g/mol. The lowest BCUT2D eigenvalue weighted by atomic mass is 10.1. The molecule has 8 heteroatoms. The van der Waals surface area contributed by atoms with Crippen molar-refractivity contribution in [1.29, 1.82) is 0 Å². The van der Waals surface area contributed by atoms with Crippen LogP contribution in [0.1, 0.15) is 12.0 Å². The maximum atomic E-state index is 12.5. The third-order valence-corrected chi connectivity index (χ3v) is 7.28. The minimum absolute atomic E-state index is 0.0531. The van der Waals surface area contributed by atoms with Crippen LogP contribution >= 0.6 is 23.2 Å². The minimum atomic E-state index is -2.85. The topological polar surface area (TPSA) is 58.9 Å². The maximum absolute atomic E-state index is 12.5. The zero-order valence-electron chi connectivity index (χ0n) is 13.3. The SMILES string of the molecule is O=C(Cc1ccc(Cl)cc1Cl)N1CC[NH+]([C@H]2CCS(=O)(=O)C2)CC1. The number of nitrogens with one attached hydrogen (secondary N) is 1. The number of rotatable bonds is 3. The molecule has 24 heavy (non-hydrogen) atoms. The van der Waals surface area contributed by atoms with Crippen molar-refractivity contribution in [3.05, 3.63) is 33.8 Å². The van der Waals surface area contributed by atoms with Gasteiger partial charge in [-0.05, 0) is 17.7 Å². The van der Waals surface area contributed by atoms with Gasteiger partial charge in [0.2, 0.25) is 5.91 Å². The first-order valence-corrected chi connectivity index (χ1v) is 10.7. The first kappa shape index (κ1) is 18.0. The van der Waals surface area contributed by atoms with E-state index in [2.05, 4.69) is 0 Å². The fourth-order valence-electron chi connectivity index (χ4n) is 3.51. The summed E-state index contributed by atoms with van der Waals surface area (Å²) in [6.07, 6.45) is 1.01. The predicted octanol–water partition coefficient (Wildman–Crippen LogP) is 0.450. The minimum Gasteiger partial charge on any atom is -0.331 e. The van der Waals surface area contributed by atoms with E-state index in [1.165, 1.54) is 4.90 Å². The van der Waals surface area contributed by atoms with Crippen LogP contribution in [0.5, 0.6) is 0 Å². The van der Waals surface area contributed by atoms with E-state index in [0.717, 1.165) is 25.1 Å². The molecule has 0 aliphatic carbocycles. The number of benzene rings is 1.